The van der Waals surface area contributed by atoms with Crippen LogP contribution < -0.4 is 5.32 Å². The molecule has 4 rings (SSSR count). The number of hydrogen-bond acceptors (Lipinski definition) is 2. The summed E-state index contributed by atoms with van der Waals surface area (Å²) in [5.41, 5.74) is 0.415. The van der Waals surface area contributed by atoms with E-state index in [2.05, 4.69) is 22.1 Å². The third kappa shape index (κ3) is 2.90. The minimum atomic E-state index is 0. The Morgan fingerprint density at radius 1 is 1.22 bits per heavy atom. The first-order valence-electron chi connectivity index (χ1n) is 9.34. The maximum absolute atomic E-state index is 6.10. The highest BCUT2D eigenvalue weighted by atomic mass is 127. The second-order valence-electron chi connectivity index (χ2n) is 8.05. The van der Waals surface area contributed by atoms with Gasteiger partial charge in [0.05, 0.1) is 6.10 Å². The van der Waals surface area contributed by atoms with E-state index in [-0.39, 0.29) is 24.0 Å². The fraction of sp³-hybridized carbons (Fsp3) is 0.944. The molecule has 0 bridgehead atoms. The number of ether oxygens (including phenoxy) is 1. The summed E-state index contributed by atoms with van der Waals surface area (Å²) in [5, 5.41) is 3.89. The molecule has 4 fully saturated rings. The van der Waals surface area contributed by atoms with Gasteiger partial charge in [-0.2, -0.15) is 0 Å². The summed E-state index contributed by atoms with van der Waals surface area (Å²) in [5.74, 6) is 2.65. The van der Waals surface area contributed by atoms with Gasteiger partial charge < -0.3 is 15.0 Å². The van der Waals surface area contributed by atoms with E-state index in [1.807, 2.05) is 7.05 Å². The fourth-order valence-electron chi connectivity index (χ4n) is 5.72. The summed E-state index contributed by atoms with van der Waals surface area (Å²) in [7, 11) is 1.95. The van der Waals surface area contributed by atoms with E-state index in [0.717, 1.165) is 37.5 Å². The molecule has 2 aliphatic carbocycles. The maximum atomic E-state index is 6.10. The Balaban J connectivity index is 0.00000156. The molecule has 0 aromatic rings. The smallest absolute Gasteiger partial charge is 0.193 e. The predicted octanol–water partition coefficient (Wildman–Crippen LogP) is 3.26. The van der Waals surface area contributed by atoms with Crippen molar-refractivity contribution in [3.05, 3.63) is 0 Å². The van der Waals surface area contributed by atoms with Crippen molar-refractivity contribution in [2.45, 2.75) is 64.0 Å². The van der Waals surface area contributed by atoms with E-state index in [1.54, 1.807) is 0 Å². The molecule has 4 atom stereocenters. The van der Waals surface area contributed by atoms with Crippen molar-refractivity contribution in [3.8, 4) is 0 Å². The molecular weight excluding hydrogens is 401 g/mol. The molecule has 4 aliphatic rings. The summed E-state index contributed by atoms with van der Waals surface area (Å²) in [6.07, 6.45) is 9.88. The van der Waals surface area contributed by atoms with Gasteiger partial charge in [0.15, 0.2) is 5.96 Å². The Bertz CT molecular complexity index is 450. The van der Waals surface area contributed by atoms with Crippen molar-refractivity contribution >= 4 is 29.9 Å². The van der Waals surface area contributed by atoms with Crippen molar-refractivity contribution in [2.24, 2.45) is 22.2 Å². The normalized spacial score (nSPS) is 38.9. The molecule has 23 heavy (non-hydrogen) atoms. The minimum absolute atomic E-state index is 0. The molecule has 5 heteroatoms. The number of guanidine groups is 1. The van der Waals surface area contributed by atoms with Crippen molar-refractivity contribution in [2.75, 3.05) is 26.7 Å². The standard InChI is InChI=1S/C18H31N3O.HI/c1-13-6-5-10-21(12-13)17(19-2)20-15-14-7-11-22-16(14)18(15)8-3-4-9-18;/h13-16H,3-12H2,1-2H3,(H,19,20);1H. The minimum Gasteiger partial charge on any atom is -0.377 e. The molecule has 1 spiro atoms. The first kappa shape index (κ1) is 17.8. The number of aliphatic imine (C=N–C) groups is 1. The average Bonchev–Trinajstić information content (AvgIpc) is 3.16. The lowest BCUT2D eigenvalue weighted by Crippen LogP contribution is -2.69. The van der Waals surface area contributed by atoms with Gasteiger partial charge >= 0.3 is 0 Å². The van der Waals surface area contributed by atoms with Gasteiger partial charge in [-0.3, -0.25) is 4.99 Å². The molecule has 0 amide bonds. The van der Waals surface area contributed by atoms with E-state index in [1.165, 1.54) is 44.9 Å². The van der Waals surface area contributed by atoms with Crippen LogP contribution in [0.4, 0.5) is 0 Å². The largest absolute Gasteiger partial charge is 0.377 e. The first-order valence-corrected chi connectivity index (χ1v) is 9.34. The van der Waals surface area contributed by atoms with Crippen molar-refractivity contribution in [1.82, 2.24) is 10.2 Å². The van der Waals surface area contributed by atoms with Gasteiger partial charge in [0.1, 0.15) is 0 Å². The number of nitrogens with zero attached hydrogens (tertiary/aromatic N) is 2. The summed E-state index contributed by atoms with van der Waals surface area (Å²) >= 11 is 0. The summed E-state index contributed by atoms with van der Waals surface area (Å²) in [4.78, 5) is 7.11. The zero-order valence-electron chi connectivity index (χ0n) is 14.6. The highest BCUT2D eigenvalue weighted by Gasteiger charge is 2.65. The SMILES string of the molecule is CN=C(NC1C2CCOC2C12CCCC2)N1CCCC(C)C1.I. The monoisotopic (exact) mass is 433 g/mol. The van der Waals surface area contributed by atoms with Gasteiger partial charge in [-0.25, -0.2) is 0 Å². The van der Waals surface area contributed by atoms with E-state index in [4.69, 9.17) is 4.74 Å². The Morgan fingerprint density at radius 3 is 2.70 bits per heavy atom. The van der Waals surface area contributed by atoms with Crippen molar-refractivity contribution < 1.29 is 4.74 Å². The predicted molar refractivity (Wildman–Crippen MR) is 104 cm³/mol. The van der Waals surface area contributed by atoms with Gasteiger partial charge in [-0.05, 0) is 38.0 Å². The van der Waals surface area contributed by atoms with Gasteiger partial charge in [-0.1, -0.05) is 19.8 Å². The molecule has 2 saturated carbocycles. The summed E-state index contributed by atoms with van der Waals surface area (Å²) in [6, 6.07) is 0.596. The average molecular weight is 433 g/mol. The lowest BCUT2D eigenvalue weighted by atomic mass is 9.54. The molecule has 2 aliphatic heterocycles. The van der Waals surface area contributed by atoms with Crippen LogP contribution in [-0.4, -0.2) is 49.7 Å². The van der Waals surface area contributed by atoms with Crippen LogP contribution >= 0.6 is 24.0 Å². The number of piperidine rings is 1. The van der Waals surface area contributed by atoms with Gasteiger partial charge in [0.25, 0.3) is 0 Å². The summed E-state index contributed by atoms with van der Waals surface area (Å²) in [6.45, 7) is 5.65. The van der Waals surface area contributed by atoms with Crippen LogP contribution in [0.2, 0.25) is 0 Å². The number of rotatable bonds is 1. The zero-order valence-corrected chi connectivity index (χ0v) is 16.9. The lowest BCUT2D eigenvalue weighted by molar-refractivity contribution is -0.125. The summed E-state index contributed by atoms with van der Waals surface area (Å²) < 4.78 is 6.10. The highest BCUT2D eigenvalue weighted by molar-refractivity contribution is 14.0. The maximum Gasteiger partial charge on any atom is 0.193 e. The van der Waals surface area contributed by atoms with Gasteiger partial charge in [0, 0.05) is 44.1 Å². The molecule has 4 unspecified atom stereocenters. The number of likely N-dealkylation sites (tertiary alicyclic amines) is 1. The van der Waals surface area contributed by atoms with E-state index in [0.29, 0.717) is 17.6 Å². The Morgan fingerprint density at radius 2 is 2.00 bits per heavy atom. The Kier molecular flexibility index (Phi) is 5.46. The molecular formula is C18H32IN3O. The molecule has 2 saturated heterocycles. The topological polar surface area (TPSA) is 36.9 Å². The van der Waals surface area contributed by atoms with Crippen molar-refractivity contribution in [1.29, 1.82) is 0 Å². The molecule has 0 radical (unpaired) electrons. The third-order valence-corrected chi connectivity index (χ3v) is 6.74. The second kappa shape index (κ2) is 7.06. The lowest BCUT2D eigenvalue weighted by Gasteiger charge is -2.57. The molecule has 1 N–H and O–H groups in total. The van der Waals surface area contributed by atoms with Crippen LogP contribution in [0.3, 0.4) is 0 Å². The number of fused-ring (bicyclic) bond motifs is 2. The number of halogens is 1. The quantitative estimate of drug-likeness (QED) is 0.392. The van der Waals surface area contributed by atoms with Crippen LogP contribution in [0, 0.1) is 17.3 Å². The fourth-order valence-corrected chi connectivity index (χ4v) is 5.72. The first-order chi connectivity index (χ1) is 10.7. The third-order valence-electron chi connectivity index (χ3n) is 6.74. The Hall–Kier alpha value is -0.0400. The second-order valence-corrected chi connectivity index (χ2v) is 8.05. The van der Waals surface area contributed by atoms with Crippen LogP contribution in [0.25, 0.3) is 0 Å². The van der Waals surface area contributed by atoms with E-state index >= 15 is 0 Å². The molecule has 2 heterocycles. The zero-order chi connectivity index (χ0) is 15.2. The molecule has 0 aromatic carbocycles. The van der Waals surface area contributed by atoms with Crippen LogP contribution in [0.5, 0.6) is 0 Å². The van der Waals surface area contributed by atoms with E-state index in [9.17, 15) is 0 Å². The van der Waals surface area contributed by atoms with Crippen LogP contribution in [0.15, 0.2) is 4.99 Å². The van der Waals surface area contributed by atoms with Gasteiger partial charge in [0.2, 0.25) is 0 Å². The van der Waals surface area contributed by atoms with E-state index < -0.39 is 0 Å². The Labute approximate surface area is 157 Å². The molecule has 132 valence electrons. The number of nitrogens with one attached hydrogen (secondary N) is 1. The van der Waals surface area contributed by atoms with Crippen LogP contribution in [0.1, 0.15) is 51.9 Å². The van der Waals surface area contributed by atoms with Crippen LogP contribution in [-0.2, 0) is 4.74 Å². The molecule has 4 nitrogen and oxygen atoms in total. The van der Waals surface area contributed by atoms with Gasteiger partial charge in [-0.15, -0.1) is 24.0 Å². The highest BCUT2D eigenvalue weighted by Crippen LogP contribution is 2.60. The number of hydrogen-bond donors (Lipinski definition) is 1. The molecule has 0 aromatic heterocycles. The van der Waals surface area contributed by atoms with Crippen molar-refractivity contribution in [3.63, 3.8) is 0 Å².